The number of piperidine rings is 1. The molecule has 2 fully saturated rings. The molecule has 1 saturated heterocycles. The highest BCUT2D eigenvalue weighted by Crippen LogP contribution is 2.50. The quantitative estimate of drug-likeness (QED) is 0.784. The Kier molecular flexibility index (Phi) is 4.08. The van der Waals surface area contributed by atoms with Crippen LogP contribution < -0.4 is 5.32 Å². The monoisotopic (exact) mass is 251 g/mol. The van der Waals surface area contributed by atoms with Crippen LogP contribution in [0.25, 0.3) is 0 Å². The summed E-state index contributed by atoms with van der Waals surface area (Å²) in [4.78, 5) is 23.7. The second-order valence-electron chi connectivity index (χ2n) is 6.14. The van der Waals surface area contributed by atoms with Crippen LogP contribution in [0.2, 0.25) is 0 Å². The average molecular weight is 251 g/mol. The number of imide groups is 1. The predicted octanol–water partition coefficient (Wildman–Crippen LogP) is 3.04. The second-order valence-corrected chi connectivity index (χ2v) is 6.14. The van der Waals surface area contributed by atoms with Crippen LogP contribution in [0.4, 0.5) is 0 Å². The van der Waals surface area contributed by atoms with E-state index in [1.54, 1.807) is 0 Å². The standard InChI is InChI=1S/C15H25NO2/c1-3-5-11-6-8-15(9-7-11)10-13(17)16-14(18)12(15)4-2/h11-12H,3-10H2,1-2H3,(H,16,17,18). The molecule has 3 heteroatoms. The fourth-order valence-corrected chi connectivity index (χ4v) is 4.08. The zero-order chi connectivity index (χ0) is 13.2. The van der Waals surface area contributed by atoms with Crippen LogP contribution in [-0.4, -0.2) is 11.8 Å². The van der Waals surface area contributed by atoms with Gasteiger partial charge in [-0.2, -0.15) is 0 Å². The number of hydrogen-bond acceptors (Lipinski definition) is 2. The number of carbonyl (C=O) groups excluding carboxylic acids is 2. The molecule has 1 spiro atoms. The van der Waals surface area contributed by atoms with Crippen molar-refractivity contribution in [1.82, 2.24) is 5.32 Å². The molecule has 1 aliphatic carbocycles. The Morgan fingerprint density at radius 3 is 2.44 bits per heavy atom. The van der Waals surface area contributed by atoms with E-state index in [1.165, 1.54) is 25.7 Å². The minimum absolute atomic E-state index is 0.0155. The van der Waals surface area contributed by atoms with Crippen LogP contribution >= 0.6 is 0 Å². The first-order chi connectivity index (χ1) is 8.61. The first-order valence-corrected chi connectivity index (χ1v) is 7.45. The van der Waals surface area contributed by atoms with Crippen molar-refractivity contribution in [2.75, 3.05) is 0 Å². The molecule has 18 heavy (non-hydrogen) atoms. The smallest absolute Gasteiger partial charge is 0.230 e. The third kappa shape index (κ3) is 2.45. The van der Waals surface area contributed by atoms with Crippen molar-refractivity contribution in [1.29, 1.82) is 0 Å². The Labute approximate surface area is 110 Å². The van der Waals surface area contributed by atoms with Crippen molar-refractivity contribution in [3.63, 3.8) is 0 Å². The molecular weight excluding hydrogens is 226 g/mol. The van der Waals surface area contributed by atoms with Gasteiger partial charge in [0, 0.05) is 12.3 Å². The first kappa shape index (κ1) is 13.6. The molecule has 0 aromatic carbocycles. The van der Waals surface area contributed by atoms with Gasteiger partial charge >= 0.3 is 0 Å². The van der Waals surface area contributed by atoms with Crippen molar-refractivity contribution < 1.29 is 9.59 Å². The maximum absolute atomic E-state index is 12.0. The van der Waals surface area contributed by atoms with E-state index < -0.39 is 0 Å². The third-order valence-electron chi connectivity index (χ3n) is 5.04. The molecule has 2 rings (SSSR count). The van der Waals surface area contributed by atoms with Crippen LogP contribution in [0.1, 0.15) is 65.2 Å². The van der Waals surface area contributed by atoms with E-state index in [-0.39, 0.29) is 23.1 Å². The summed E-state index contributed by atoms with van der Waals surface area (Å²) in [5, 5.41) is 2.51. The summed E-state index contributed by atoms with van der Waals surface area (Å²) in [7, 11) is 0. The molecule has 1 atom stereocenters. The Bertz CT molecular complexity index is 329. The molecule has 2 amide bonds. The first-order valence-electron chi connectivity index (χ1n) is 7.45. The van der Waals surface area contributed by atoms with Gasteiger partial charge in [-0.05, 0) is 43.4 Å². The molecule has 1 aliphatic heterocycles. The van der Waals surface area contributed by atoms with Gasteiger partial charge in [-0.25, -0.2) is 0 Å². The number of nitrogens with one attached hydrogen (secondary N) is 1. The van der Waals surface area contributed by atoms with Crippen molar-refractivity contribution in [3.05, 3.63) is 0 Å². The normalized spacial score (nSPS) is 36.8. The Hall–Kier alpha value is -0.860. The van der Waals surface area contributed by atoms with E-state index in [4.69, 9.17) is 0 Å². The highest BCUT2D eigenvalue weighted by Gasteiger charge is 2.48. The summed E-state index contributed by atoms with van der Waals surface area (Å²) in [5.41, 5.74) is -0.0155. The molecule has 1 saturated carbocycles. The van der Waals surface area contributed by atoms with Gasteiger partial charge in [0.25, 0.3) is 0 Å². The van der Waals surface area contributed by atoms with Gasteiger partial charge in [-0.1, -0.05) is 26.7 Å². The Morgan fingerprint density at radius 2 is 1.89 bits per heavy atom. The zero-order valence-electron chi connectivity index (χ0n) is 11.6. The van der Waals surface area contributed by atoms with E-state index in [9.17, 15) is 9.59 Å². The van der Waals surface area contributed by atoms with Crippen LogP contribution in [0.5, 0.6) is 0 Å². The lowest BCUT2D eigenvalue weighted by atomic mass is 9.59. The molecule has 2 aliphatic rings. The van der Waals surface area contributed by atoms with Crippen molar-refractivity contribution >= 4 is 11.8 Å². The summed E-state index contributed by atoms with van der Waals surface area (Å²) in [6, 6.07) is 0. The Balaban J connectivity index is 2.09. The summed E-state index contributed by atoms with van der Waals surface area (Å²) >= 11 is 0. The third-order valence-corrected chi connectivity index (χ3v) is 5.04. The largest absolute Gasteiger partial charge is 0.296 e. The van der Waals surface area contributed by atoms with Gasteiger partial charge in [0.15, 0.2) is 0 Å². The fraction of sp³-hybridized carbons (Fsp3) is 0.867. The summed E-state index contributed by atoms with van der Waals surface area (Å²) in [6.07, 6.45) is 8.50. The van der Waals surface area contributed by atoms with E-state index in [0.717, 1.165) is 25.2 Å². The number of amides is 2. The van der Waals surface area contributed by atoms with Crippen molar-refractivity contribution in [3.8, 4) is 0 Å². The van der Waals surface area contributed by atoms with Gasteiger partial charge in [-0.15, -0.1) is 0 Å². The molecule has 0 aromatic heterocycles. The highest BCUT2D eigenvalue weighted by atomic mass is 16.2. The van der Waals surface area contributed by atoms with Crippen LogP contribution in [0.15, 0.2) is 0 Å². The molecule has 3 nitrogen and oxygen atoms in total. The molecule has 0 bridgehead atoms. The number of rotatable bonds is 3. The maximum atomic E-state index is 12.0. The Morgan fingerprint density at radius 1 is 1.22 bits per heavy atom. The minimum atomic E-state index is -0.0568. The van der Waals surface area contributed by atoms with E-state index >= 15 is 0 Å². The maximum Gasteiger partial charge on any atom is 0.230 e. The predicted molar refractivity (Wildman–Crippen MR) is 70.8 cm³/mol. The van der Waals surface area contributed by atoms with Crippen molar-refractivity contribution in [2.24, 2.45) is 17.3 Å². The van der Waals surface area contributed by atoms with Crippen LogP contribution in [0.3, 0.4) is 0 Å². The van der Waals surface area contributed by atoms with Gasteiger partial charge in [0.05, 0.1) is 0 Å². The summed E-state index contributed by atoms with van der Waals surface area (Å²) in [5.74, 6) is 0.789. The topological polar surface area (TPSA) is 46.2 Å². The zero-order valence-corrected chi connectivity index (χ0v) is 11.6. The highest BCUT2D eigenvalue weighted by molar-refractivity contribution is 5.99. The van der Waals surface area contributed by atoms with Crippen molar-refractivity contribution in [2.45, 2.75) is 65.2 Å². The van der Waals surface area contributed by atoms with Gasteiger partial charge < -0.3 is 0 Å². The SMILES string of the molecule is CCCC1CCC2(CC1)CC(=O)NC(=O)C2CC. The molecule has 1 N–H and O–H groups in total. The fourth-order valence-electron chi connectivity index (χ4n) is 4.08. The lowest BCUT2D eigenvalue weighted by molar-refractivity contribution is -0.146. The second kappa shape index (κ2) is 5.41. The molecule has 102 valence electrons. The lowest BCUT2D eigenvalue weighted by Gasteiger charge is -2.46. The van der Waals surface area contributed by atoms with E-state index in [2.05, 4.69) is 19.2 Å². The number of carbonyl (C=O) groups is 2. The van der Waals surface area contributed by atoms with E-state index in [0.29, 0.717) is 6.42 Å². The molecule has 1 unspecified atom stereocenters. The summed E-state index contributed by atoms with van der Waals surface area (Å²) < 4.78 is 0. The van der Waals surface area contributed by atoms with Gasteiger partial charge in [0.1, 0.15) is 0 Å². The average Bonchev–Trinajstić information content (AvgIpc) is 2.32. The van der Waals surface area contributed by atoms with Crippen LogP contribution in [0, 0.1) is 17.3 Å². The van der Waals surface area contributed by atoms with Gasteiger partial charge in [0.2, 0.25) is 11.8 Å². The molecule has 0 aromatic rings. The van der Waals surface area contributed by atoms with Gasteiger partial charge in [-0.3, -0.25) is 14.9 Å². The number of hydrogen-bond donors (Lipinski definition) is 1. The molecule has 0 radical (unpaired) electrons. The molecule has 1 heterocycles. The van der Waals surface area contributed by atoms with E-state index in [1.807, 2.05) is 0 Å². The lowest BCUT2D eigenvalue weighted by Crippen LogP contribution is -2.53. The minimum Gasteiger partial charge on any atom is -0.296 e. The van der Waals surface area contributed by atoms with Crippen LogP contribution in [-0.2, 0) is 9.59 Å². The molecular formula is C15H25NO2. The summed E-state index contributed by atoms with van der Waals surface area (Å²) in [6.45, 7) is 4.30.